The minimum atomic E-state index is 0.394. The average molecular weight is 138 g/mol. The smallest absolute Gasteiger partial charge is 0.0124 e. The van der Waals surface area contributed by atoms with Gasteiger partial charge in [0.2, 0.25) is 0 Å². The van der Waals surface area contributed by atoms with Crippen LogP contribution in [0.25, 0.3) is 0 Å². The van der Waals surface area contributed by atoms with Gasteiger partial charge in [0.15, 0.2) is 0 Å². The van der Waals surface area contributed by atoms with Gasteiger partial charge in [-0.2, -0.15) is 0 Å². The molecule has 1 aliphatic rings. The summed E-state index contributed by atoms with van der Waals surface area (Å²) >= 11 is 0. The molecular formula is C10H18. The Morgan fingerprint density at radius 3 is 2.00 bits per heavy atom. The van der Waals surface area contributed by atoms with Gasteiger partial charge >= 0.3 is 0 Å². The zero-order chi connectivity index (χ0) is 7.83. The maximum atomic E-state index is 2.36. The zero-order valence-corrected chi connectivity index (χ0v) is 7.57. The average Bonchev–Trinajstić information content (AvgIpc) is 1.77. The highest BCUT2D eigenvalue weighted by molar-refractivity contribution is 5.06. The first kappa shape index (κ1) is 7.84. The van der Waals surface area contributed by atoms with E-state index in [0.29, 0.717) is 10.8 Å². The molecule has 0 saturated heterocycles. The van der Waals surface area contributed by atoms with Gasteiger partial charge in [0.05, 0.1) is 0 Å². The Morgan fingerprint density at radius 1 is 1.10 bits per heavy atom. The molecule has 0 radical (unpaired) electrons. The molecule has 0 aromatic heterocycles. The lowest BCUT2D eigenvalue weighted by Crippen LogP contribution is -2.32. The van der Waals surface area contributed by atoms with Gasteiger partial charge in [-0.15, -0.1) is 0 Å². The van der Waals surface area contributed by atoms with E-state index in [9.17, 15) is 0 Å². The van der Waals surface area contributed by atoms with Gasteiger partial charge < -0.3 is 0 Å². The summed E-state index contributed by atoms with van der Waals surface area (Å²) in [6, 6.07) is 0. The lowest BCUT2D eigenvalue weighted by Gasteiger charge is -2.42. The fourth-order valence-corrected chi connectivity index (χ4v) is 1.37. The Morgan fingerprint density at radius 2 is 1.70 bits per heavy atom. The number of rotatable bonds is 0. The van der Waals surface area contributed by atoms with E-state index >= 15 is 0 Å². The summed E-state index contributed by atoms with van der Waals surface area (Å²) in [6.45, 7) is 9.36. The van der Waals surface area contributed by atoms with Crippen LogP contribution in [0.4, 0.5) is 0 Å². The fraction of sp³-hybridized carbons (Fsp3) is 0.800. The maximum absolute atomic E-state index is 2.36. The van der Waals surface area contributed by atoms with Gasteiger partial charge in [-0.25, -0.2) is 0 Å². The van der Waals surface area contributed by atoms with E-state index in [-0.39, 0.29) is 0 Å². The van der Waals surface area contributed by atoms with Gasteiger partial charge in [-0.3, -0.25) is 0 Å². The molecule has 0 aromatic rings. The van der Waals surface area contributed by atoms with E-state index in [0.717, 1.165) is 0 Å². The highest BCUT2D eigenvalue weighted by Gasteiger charge is 2.35. The molecule has 0 saturated carbocycles. The van der Waals surface area contributed by atoms with Crippen LogP contribution in [0, 0.1) is 10.8 Å². The monoisotopic (exact) mass is 138 g/mol. The molecule has 0 atom stereocenters. The molecule has 0 spiro atoms. The van der Waals surface area contributed by atoms with Crippen molar-refractivity contribution < 1.29 is 0 Å². The van der Waals surface area contributed by atoms with Crippen molar-refractivity contribution in [2.75, 3.05) is 0 Å². The summed E-state index contributed by atoms with van der Waals surface area (Å²) in [5.41, 5.74) is 0.882. The summed E-state index contributed by atoms with van der Waals surface area (Å²) < 4.78 is 0. The first-order chi connectivity index (χ1) is 4.46. The van der Waals surface area contributed by atoms with Gasteiger partial charge in [-0.05, 0) is 23.7 Å². The first-order valence-corrected chi connectivity index (χ1v) is 4.13. The van der Waals surface area contributed by atoms with Crippen molar-refractivity contribution in [3.63, 3.8) is 0 Å². The summed E-state index contributed by atoms with van der Waals surface area (Å²) in [7, 11) is 0. The standard InChI is InChI=1S/C10H18/c1-9(2)7-5-6-8-10(9,3)4/h5,7H,6,8H2,1-4H3. The van der Waals surface area contributed by atoms with E-state index in [1.54, 1.807) is 0 Å². The van der Waals surface area contributed by atoms with Crippen molar-refractivity contribution in [3.05, 3.63) is 12.2 Å². The van der Waals surface area contributed by atoms with E-state index in [1.807, 2.05) is 0 Å². The maximum Gasteiger partial charge on any atom is -0.0124 e. The van der Waals surface area contributed by atoms with Crippen molar-refractivity contribution in [1.82, 2.24) is 0 Å². The lowest BCUT2D eigenvalue weighted by atomic mass is 9.63. The molecule has 0 aliphatic heterocycles. The summed E-state index contributed by atoms with van der Waals surface area (Å²) in [5.74, 6) is 0. The van der Waals surface area contributed by atoms with Crippen LogP contribution in [0.3, 0.4) is 0 Å². The Bertz CT molecular complexity index is 149. The van der Waals surface area contributed by atoms with Gasteiger partial charge in [0.25, 0.3) is 0 Å². The molecule has 1 rings (SSSR count). The Kier molecular flexibility index (Phi) is 1.66. The third-order valence-electron chi connectivity index (χ3n) is 3.21. The zero-order valence-electron chi connectivity index (χ0n) is 7.57. The van der Waals surface area contributed by atoms with Crippen LogP contribution in [0.2, 0.25) is 0 Å². The molecule has 0 bridgehead atoms. The summed E-state index contributed by atoms with van der Waals surface area (Å²) in [5, 5.41) is 0. The van der Waals surface area contributed by atoms with Crippen molar-refractivity contribution in [1.29, 1.82) is 0 Å². The molecule has 0 amide bonds. The predicted molar refractivity (Wildman–Crippen MR) is 45.9 cm³/mol. The summed E-state index contributed by atoms with van der Waals surface area (Å²) in [6.07, 6.45) is 7.26. The van der Waals surface area contributed by atoms with Crippen LogP contribution in [0.5, 0.6) is 0 Å². The Labute approximate surface area is 64.3 Å². The fourth-order valence-electron chi connectivity index (χ4n) is 1.37. The Hall–Kier alpha value is -0.260. The molecule has 0 aromatic carbocycles. The minimum absolute atomic E-state index is 0.394. The topological polar surface area (TPSA) is 0 Å². The van der Waals surface area contributed by atoms with Crippen molar-refractivity contribution >= 4 is 0 Å². The predicted octanol–water partition coefficient (Wildman–Crippen LogP) is 3.39. The van der Waals surface area contributed by atoms with Gasteiger partial charge in [0.1, 0.15) is 0 Å². The second-order valence-electron chi connectivity index (χ2n) is 4.55. The van der Waals surface area contributed by atoms with Crippen LogP contribution in [-0.2, 0) is 0 Å². The van der Waals surface area contributed by atoms with E-state index in [4.69, 9.17) is 0 Å². The molecule has 1 aliphatic carbocycles. The van der Waals surface area contributed by atoms with Crippen LogP contribution >= 0.6 is 0 Å². The van der Waals surface area contributed by atoms with E-state index in [2.05, 4.69) is 39.8 Å². The highest BCUT2D eigenvalue weighted by Crippen LogP contribution is 2.45. The van der Waals surface area contributed by atoms with Crippen LogP contribution in [-0.4, -0.2) is 0 Å². The molecule has 0 fully saturated rings. The van der Waals surface area contributed by atoms with Crippen LogP contribution in [0.15, 0.2) is 12.2 Å². The molecule has 58 valence electrons. The molecule has 0 nitrogen and oxygen atoms in total. The largest absolute Gasteiger partial charge is 0.0880 e. The van der Waals surface area contributed by atoms with Crippen LogP contribution in [0.1, 0.15) is 40.5 Å². The number of hydrogen-bond donors (Lipinski definition) is 0. The lowest BCUT2D eigenvalue weighted by molar-refractivity contribution is 0.142. The normalized spacial score (nSPS) is 28.4. The van der Waals surface area contributed by atoms with E-state index in [1.165, 1.54) is 12.8 Å². The third kappa shape index (κ3) is 1.12. The minimum Gasteiger partial charge on any atom is -0.0880 e. The number of hydrogen-bond acceptors (Lipinski definition) is 0. The van der Waals surface area contributed by atoms with Crippen molar-refractivity contribution in [2.45, 2.75) is 40.5 Å². The SMILES string of the molecule is CC1(C)C=CCCC1(C)C. The third-order valence-corrected chi connectivity index (χ3v) is 3.21. The second-order valence-corrected chi connectivity index (χ2v) is 4.55. The molecule has 10 heavy (non-hydrogen) atoms. The molecule has 0 heterocycles. The van der Waals surface area contributed by atoms with Gasteiger partial charge in [0, 0.05) is 0 Å². The first-order valence-electron chi connectivity index (χ1n) is 4.13. The van der Waals surface area contributed by atoms with Crippen molar-refractivity contribution in [2.24, 2.45) is 10.8 Å². The quantitative estimate of drug-likeness (QED) is 0.450. The highest BCUT2D eigenvalue weighted by atomic mass is 14.4. The van der Waals surface area contributed by atoms with Crippen LogP contribution < -0.4 is 0 Å². The molecule has 0 unspecified atom stereocenters. The number of allylic oxidation sites excluding steroid dienone is 2. The Balaban J connectivity index is 2.87. The molecule has 0 heteroatoms. The van der Waals surface area contributed by atoms with Gasteiger partial charge in [-0.1, -0.05) is 39.8 Å². The van der Waals surface area contributed by atoms with Crippen molar-refractivity contribution in [3.8, 4) is 0 Å². The molecule has 0 N–H and O–H groups in total. The summed E-state index contributed by atoms with van der Waals surface area (Å²) in [4.78, 5) is 0. The molecular weight excluding hydrogens is 120 g/mol. The van der Waals surface area contributed by atoms with E-state index < -0.39 is 0 Å². The second kappa shape index (κ2) is 2.11.